The number of alkyl halides is 3. The Morgan fingerprint density at radius 3 is 1.83 bits per heavy atom. The molecule has 23 heavy (non-hydrogen) atoms. The Morgan fingerprint density at radius 1 is 0.913 bits per heavy atom. The lowest BCUT2D eigenvalue weighted by molar-refractivity contribution is -0.138. The monoisotopic (exact) mass is 423 g/mol. The molecule has 0 radical (unpaired) electrons. The number of aliphatic hydroxyl groups is 1. The van der Waals surface area contributed by atoms with Crippen molar-refractivity contribution in [1.82, 2.24) is 4.98 Å². The first-order valence-corrected chi connectivity index (χ1v) is 7.67. The van der Waals surface area contributed by atoms with E-state index < -0.39 is 23.9 Å². The lowest BCUT2D eigenvalue weighted by Crippen LogP contribution is -2.10. The summed E-state index contributed by atoms with van der Waals surface area (Å²) >= 11 is 29.8. The van der Waals surface area contributed by atoms with Crippen LogP contribution in [0.5, 0.6) is 0 Å². The van der Waals surface area contributed by atoms with Gasteiger partial charge in [-0.05, 0) is 11.6 Å². The van der Waals surface area contributed by atoms with E-state index in [0.29, 0.717) is 6.20 Å². The molecule has 10 heteroatoms. The standard InChI is InChI=1S/C13H5Cl5F3NO/c14-8-7(9(15)11(17)12(18)10(8)16)6-1-4(3-23)5(2-22-6)13(19,20)21/h1-2,23H,3H2. The summed E-state index contributed by atoms with van der Waals surface area (Å²) in [4.78, 5) is 3.70. The number of benzene rings is 1. The minimum atomic E-state index is -4.66. The lowest BCUT2D eigenvalue weighted by atomic mass is 10.1. The predicted molar refractivity (Wildman–Crippen MR) is 85.6 cm³/mol. The average molecular weight is 425 g/mol. The normalized spacial score (nSPS) is 11.9. The number of rotatable bonds is 2. The number of aromatic nitrogens is 1. The highest BCUT2D eigenvalue weighted by atomic mass is 35.5. The van der Waals surface area contributed by atoms with Gasteiger partial charge in [0, 0.05) is 11.8 Å². The SMILES string of the molecule is OCc1cc(-c2c(Cl)c(Cl)c(Cl)c(Cl)c2Cl)ncc1C(F)(F)F. The summed E-state index contributed by atoms with van der Waals surface area (Å²) in [5, 5.41) is 8.66. The summed E-state index contributed by atoms with van der Waals surface area (Å²) < 4.78 is 38.5. The van der Waals surface area contributed by atoms with E-state index in [1.54, 1.807) is 0 Å². The highest BCUT2D eigenvalue weighted by molar-refractivity contribution is 6.56. The van der Waals surface area contributed by atoms with Crippen LogP contribution >= 0.6 is 58.0 Å². The molecule has 0 aliphatic rings. The molecule has 1 heterocycles. The van der Waals surface area contributed by atoms with Crippen LogP contribution in [0.2, 0.25) is 25.1 Å². The maximum Gasteiger partial charge on any atom is 0.418 e. The first kappa shape index (κ1) is 18.9. The molecule has 1 N–H and O–H groups in total. The van der Waals surface area contributed by atoms with Crippen LogP contribution in [0.3, 0.4) is 0 Å². The van der Waals surface area contributed by atoms with Gasteiger partial charge in [-0.25, -0.2) is 0 Å². The Kier molecular flexibility index (Phi) is 5.61. The van der Waals surface area contributed by atoms with E-state index in [2.05, 4.69) is 4.98 Å². The van der Waals surface area contributed by atoms with E-state index in [1.807, 2.05) is 0 Å². The molecule has 124 valence electrons. The Balaban J connectivity index is 2.74. The molecule has 2 rings (SSSR count). The van der Waals surface area contributed by atoms with Crippen LogP contribution in [0.4, 0.5) is 13.2 Å². The maximum atomic E-state index is 12.8. The zero-order valence-electron chi connectivity index (χ0n) is 10.8. The van der Waals surface area contributed by atoms with Gasteiger partial charge in [0.05, 0.1) is 43.0 Å². The van der Waals surface area contributed by atoms with E-state index in [-0.39, 0.29) is 36.4 Å². The van der Waals surface area contributed by atoms with Crippen molar-refractivity contribution in [2.24, 2.45) is 0 Å². The summed E-state index contributed by atoms with van der Waals surface area (Å²) in [6, 6.07) is 1.01. The topological polar surface area (TPSA) is 33.1 Å². The van der Waals surface area contributed by atoms with Gasteiger partial charge < -0.3 is 5.11 Å². The molecule has 0 spiro atoms. The molecular formula is C13H5Cl5F3NO. The van der Waals surface area contributed by atoms with Crippen molar-refractivity contribution in [2.75, 3.05) is 0 Å². The minimum absolute atomic E-state index is 0.0242. The van der Waals surface area contributed by atoms with E-state index >= 15 is 0 Å². The molecule has 0 saturated heterocycles. The molecule has 0 amide bonds. The third kappa shape index (κ3) is 3.50. The van der Waals surface area contributed by atoms with Gasteiger partial charge in [-0.3, -0.25) is 4.98 Å². The number of pyridine rings is 1. The summed E-state index contributed by atoms with van der Waals surface area (Å²) in [5.41, 5.74) is -1.47. The second-order valence-electron chi connectivity index (χ2n) is 4.33. The second-order valence-corrected chi connectivity index (χ2v) is 6.22. The van der Waals surface area contributed by atoms with E-state index in [4.69, 9.17) is 58.0 Å². The van der Waals surface area contributed by atoms with E-state index in [0.717, 1.165) is 6.07 Å². The van der Waals surface area contributed by atoms with Crippen LogP contribution in [0.15, 0.2) is 12.3 Å². The van der Waals surface area contributed by atoms with Crippen molar-refractivity contribution in [2.45, 2.75) is 12.8 Å². The quantitative estimate of drug-likeness (QED) is 0.439. The fraction of sp³-hybridized carbons (Fsp3) is 0.154. The Hall–Kier alpha value is -0.430. The van der Waals surface area contributed by atoms with Crippen LogP contribution in [-0.4, -0.2) is 10.1 Å². The van der Waals surface area contributed by atoms with Crippen LogP contribution in [0, 0.1) is 0 Å². The van der Waals surface area contributed by atoms with Crippen molar-refractivity contribution in [1.29, 1.82) is 0 Å². The molecule has 0 unspecified atom stereocenters. The molecule has 2 aromatic rings. The van der Waals surface area contributed by atoms with Crippen molar-refractivity contribution < 1.29 is 18.3 Å². The van der Waals surface area contributed by atoms with Crippen LogP contribution in [-0.2, 0) is 12.8 Å². The Labute approximate surface area is 153 Å². The van der Waals surface area contributed by atoms with Gasteiger partial charge >= 0.3 is 6.18 Å². The van der Waals surface area contributed by atoms with Gasteiger partial charge in [-0.2, -0.15) is 13.2 Å². The Bertz CT molecular complexity index is 750. The molecule has 2 nitrogen and oxygen atoms in total. The fourth-order valence-electron chi connectivity index (χ4n) is 1.85. The van der Waals surface area contributed by atoms with Crippen molar-refractivity contribution >= 4 is 58.0 Å². The summed E-state index contributed by atoms with van der Waals surface area (Å²) in [6.45, 7) is -0.853. The van der Waals surface area contributed by atoms with Gasteiger partial charge in [0.2, 0.25) is 0 Å². The highest BCUT2D eigenvalue weighted by Gasteiger charge is 2.34. The maximum absolute atomic E-state index is 12.8. The molecule has 0 fully saturated rings. The van der Waals surface area contributed by atoms with Crippen molar-refractivity contribution in [3.63, 3.8) is 0 Å². The second kappa shape index (κ2) is 6.82. The number of hydrogen-bond donors (Lipinski definition) is 1. The largest absolute Gasteiger partial charge is 0.418 e. The Morgan fingerprint density at radius 2 is 1.39 bits per heavy atom. The van der Waals surface area contributed by atoms with Crippen LogP contribution < -0.4 is 0 Å². The number of aliphatic hydroxyl groups excluding tert-OH is 1. The summed E-state index contributed by atoms with van der Waals surface area (Å²) in [5.74, 6) is 0. The average Bonchev–Trinajstić information content (AvgIpc) is 2.50. The fourth-order valence-corrected chi connectivity index (χ4v) is 3.18. The lowest BCUT2D eigenvalue weighted by Gasteiger charge is -2.15. The first-order chi connectivity index (χ1) is 10.6. The van der Waals surface area contributed by atoms with Gasteiger partial charge in [0.1, 0.15) is 0 Å². The molecule has 0 aliphatic heterocycles. The van der Waals surface area contributed by atoms with Gasteiger partial charge in [0.15, 0.2) is 0 Å². The number of hydrogen-bond acceptors (Lipinski definition) is 2. The van der Waals surface area contributed by atoms with Gasteiger partial charge in [-0.15, -0.1) is 0 Å². The summed E-state index contributed by atoms with van der Waals surface area (Å²) in [6.07, 6.45) is -4.09. The molecule has 1 aromatic carbocycles. The summed E-state index contributed by atoms with van der Waals surface area (Å²) in [7, 11) is 0. The zero-order valence-corrected chi connectivity index (χ0v) is 14.6. The predicted octanol–water partition coefficient (Wildman–Crippen LogP) is 6.53. The first-order valence-electron chi connectivity index (χ1n) is 5.78. The molecule has 0 atom stereocenters. The van der Waals surface area contributed by atoms with E-state index in [9.17, 15) is 18.3 Å². The van der Waals surface area contributed by atoms with Crippen LogP contribution in [0.1, 0.15) is 11.1 Å². The molecule has 1 aromatic heterocycles. The molecular weight excluding hydrogens is 420 g/mol. The van der Waals surface area contributed by atoms with Crippen LogP contribution in [0.25, 0.3) is 11.3 Å². The molecule has 0 aliphatic carbocycles. The zero-order chi connectivity index (χ0) is 17.5. The third-order valence-electron chi connectivity index (χ3n) is 2.93. The third-order valence-corrected chi connectivity index (χ3v) is 5.21. The van der Waals surface area contributed by atoms with Gasteiger partial charge in [0.25, 0.3) is 0 Å². The smallest absolute Gasteiger partial charge is 0.392 e. The van der Waals surface area contributed by atoms with Gasteiger partial charge in [-0.1, -0.05) is 58.0 Å². The highest BCUT2D eigenvalue weighted by Crippen LogP contribution is 2.48. The van der Waals surface area contributed by atoms with Crippen molar-refractivity contribution in [3.8, 4) is 11.3 Å². The van der Waals surface area contributed by atoms with Crippen molar-refractivity contribution in [3.05, 3.63) is 48.5 Å². The molecule has 0 bridgehead atoms. The molecule has 0 saturated carbocycles. The number of nitrogens with zero attached hydrogens (tertiary/aromatic N) is 1. The minimum Gasteiger partial charge on any atom is -0.392 e. The van der Waals surface area contributed by atoms with E-state index in [1.165, 1.54) is 0 Å². The number of halogens is 8.